The first kappa shape index (κ1) is 21.2. The summed E-state index contributed by atoms with van der Waals surface area (Å²) in [6.07, 6.45) is 0.0622. The van der Waals surface area contributed by atoms with Crippen molar-refractivity contribution < 1.29 is 19.1 Å². The van der Waals surface area contributed by atoms with Crippen molar-refractivity contribution in [2.24, 2.45) is 0 Å². The highest BCUT2D eigenvalue weighted by Gasteiger charge is 2.47. The predicted octanol–water partition coefficient (Wildman–Crippen LogP) is 4.40. The smallest absolute Gasteiger partial charge is 0.338 e. The Hall–Kier alpha value is -0.813. The van der Waals surface area contributed by atoms with Crippen LogP contribution in [0, 0.1) is 0 Å². The van der Waals surface area contributed by atoms with Crippen LogP contribution >= 0.6 is 0 Å². The predicted molar refractivity (Wildman–Crippen MR) is 93.1 cm³/mol. The largest absolute Gasteiger partial charge is 0.546 e. The van der Waals surface area contributed by atoms with Gasteiger partial charge in [0.2, 0.25) is 0 Å². The third kappa shape index (κ3) is 4.85. The van der Waals surface area contributed by atoms with Gasteiger partial charge >= 0.3 is 5.97 Å². The average Bonchev–Trinajstić information content (AvgIpc) is 2.34. The number of hydrogen-bond acceptors (Lipinski definition) is 4. The highest BCUT2D eigenvalue weighted by Crippen LogP contribution is 2.44. The summed E-state index contributed by atoms with van der Waals surface area (Å²) in [6, 6.07) is 0. The average molecular weight is 331 g/mol. The molecule has 1 N–H and O–H groups in total. The minimum absolute atomic E-state index is 0.0622. The van der Waals surface area contributed by atoms with Crippen LogP contribution in [0.5, 0.6) is 0 Å². The van der Waals surface area contributed by atoms with Crippen molar-refractivity contribution in [1.29, 1.82) is 0 Å². The van der Waals surface area contributed by atoms with Gasteiger partial charge in [-0.1, -0.05) is 48.1 Å². The van der Waals surface area contributed by atoms with Crippen LogP contribution < -0.4 is 0 Å². The van der Waals surface area contributed by atoms with Crippen molar-refractivity contribution >= 4 is 14.3 Å². The first-order valence-electron chi connectivity index (χ1n) is 8.18. The van der Waals surface area contributed by atoms with Gasteiger partial charge in [-0.3, -0.25) is 0 Å². The van der Waals surface area contributed by atoms with E-state index >= 15 is 0 Å². The number of hydrogen-bond donors (Lipinski definition) is 1. The van der Waals surface area contributed by atoms with Crippen molar-refractivity contribution in [3.05, 3.63) is 12.3 Å². The van der Waals surface area contributed by atoms with Crippen LogP contribution in [0.1, 0.15) is 61.8 Å². The SMILES string of the molecule is C=C(CC(C)(O)C(=O)OCC)O[Si](C(C)C)(C(C)C)C(C)C. The zero-order chi connectivity index (χ0) is 17.7. The van der Waals surface area contributed by atoms with E-state index in [9.17, 15) is 9.90 Å². The van der Waals surface area contributed by atoms with E-state index in [1.165, 1.54) is 6.92 Å². The second-order valence-corrected chi connectivity index (χ2v) is 12.5. The molecule has 0 aromatic rings. The molecule has 130 valence electrons. The minimum Gasteiger partial charge on any atom is -0.546 e. The van der Waals surface area contributed by atoms with Gasteiger partial charge in [-0.25, -0.2) is 4.79 Å². The van der Waals surface area contributed by atoms with E-state index in [-0.39, 0.29) is 13.0 Å². The maximum Gasteiger partial charge on any atom is 0.338 e. The Bertz CT molecular complexity index is 364. The van der Waals surface area contributed by atoms with Crippen LogP contribution in [-0.4, -0.2) is 31.6 Å². The molecule has 0 aliphatic carbocycles. The molecule has 4 nitrogen and oxygen atoms in total. The molecule has 0 saturated heterocycles. The van der Waals surface area contributed by atoms with Gasteiger partial charge in [0.25, 0.3) is 8.32 Å². The molecule has 1 atom stereocenters. The van der Waals surface area contributed by atoms with E-state index in [1.807, 2.05) is 0 Å². The zero-order valence-electron chi connectivity index (χ0n) is 15.5. The zero-order valence-corrected chi connectivity index (χ0v) is 16.5. The van der Waals surface area contributed by atoms with E-state index in [1.54, 1.807) is 6.92 Å². The van der Waals surface area contributed by atoms with Crippen LogP contribution in [0.2, 0.25) is 16.6 Å². The number of carbonyl (C=O) groups excluding carboxylic acids is 1. The van der Waals surface area contributed by atoms with Gasteiger partial charge in [-0.2, -0.15) is 0 Å². The Labute approximate surface area is 137 Å². The molecule has 0 radical (unpaired) electrons. The fraction of sp³-hybridized carbons (Fsp3) is 0.824. The van der Waals surface area contributed by atoms with Gasteiger partial charge in [-0.05, 0) is 30.5 Å². The molecular weight excluding hydrogens is 296 g/mol. The quantitative estimate of drug-likeness (QED) is 0.387. The third-order valence-corrected chi connectivity index (χ3v) is 10.3. The molecular formula is C17H34O4Si. The van der Waals surface area contributed by atoms with Crippen molar-refractivity contribution in [2.45, 2.75) is 84.0 Å². The lowest BCUT2D eigenvalue weighted by Crippen LogP contribution is -2.48. The number of rotatable bonds is 9. The van der Waals surface area contributed by atoms with Crippen molar-refractivity contribution in [1.82, 2.24) is 0 Å². The van der Waals surface area contributed by atoms with Gasteiger partial charge < -0.3 is 14.3 Å². The Balaban J connectivity index is 5.18. The molecule has 22 heavy (non-hydrogen) atoms. The summed E-state index contributed by atoms with van der Waals surface area (Å²) in [5, 5.41) is 10.3. The Morgan fingerprint density at radius 2 is 1.55 bits per heavy atom. The second kappa shape index (κ2) is 8.16. The molecule has 0 aliphatic rings. The lowest BCUT2D eigenvalue weighted by atomic mass is 10.0. The second-order valence-electron chi connectivity index (χ2n) is 7.13. The Morgan fingerprint density at radius 3 is 1.86 bits per heavy atom. The first-order chi connectivity index (χ1) is 9.91. The van der Waals surface area contributed by atoms with Crippen molar-refractivity contribution in [2.75, 3.05) is 6.61 Å². The monoisotopic (exact) mass is 330 g/mol. The topological polar surface area (TPSA) is 55.8 Å². The lowest BCUT2D eigenvalue weighted by molar-refractivity contribution is -0.163. The fourth-order valence-electron chi connectivity index (χ4n) is 3.38. The molecule has 0 saturated carbocycles. The van der Waals surface area contributed by atoms with Crippen LogP contribution in [0.25, 0.3) is 0 Å². The highest BCUT2D eigenvalue weighted by molar-refractivity contribution is 6.77. The highest BCUT2D eigenvalue weighted by atomic mass is 28.4. The van der Waals surface area contributed by atoms with Crippen LogP contribution in [-0.2, 0) is 14.0 Å². The first-order valence-corrected chi connectivity index (χ1v) is 10.3. The molecule has 0 rings (SSSR count). The molecule has 5 heteroatoms. The maximum atomic E-state index is 11.8. The Kier molecular flexibility index (Phi) is 7.85. The van der Waals surface area contributed by atoms with Gasteiger partial charge in [0.1, 0.15) is 0 Å². The Morgan fingerprint density at radius 1 is 1.14 bits per heavy atom. The van der Waals surface area contributed by atoms with Crippen molar-refractivity contribution in [3.8, 4) is 0 Å². The van der Waals surface area contributed by atoms with Crippen LogP contribution in [0.15, 0.2) is 12.3 Å². The number of carbonyl (C=O) groups is 1. The molecule has 0 spiro atoms. The molecule has 0 aliphatic heterocycles. The maximum absolute atomic E-state index is 11.8. The summed E-state index contributed by atoms with van der Waals surface area (Å²) >= 11 is 0. The van der Waals surface area contributed by atoms with Gasteiger partial charge in [0.05, 0.1) is 12.4 Å². The molecule has 0 heterocycles. The van der Waals surface area contributed by atoms with Gasteiger partial charge in [0, 0.05) is 6.42 Å². The normalized spacial score (nSPS) is 15.1. The molecule has 0 aromatic heterocycles. The van der Waals surface area contributed by atoms with E-state index in [0.717, 1.165) is 0 Å². The lowest BCUT2D eigenvalue weighted by Gasteiger charge is -2.43. The molecule has 0 bridgehead atoms. The number of esters is 1. The summed E-state index contributed by atoms with van der Waals surface area (Å²) < 4.78 is 11.3. The van der Waals surface area contributed by atoms with E-state index < -0.39 is 19.9 Å². The van der Waals surface area contributed by atoms with E-state index in [0.29, 0.717) is 22.4 Å². The summed E-state index contributed by atoms with van der Waals surface area (Å²) in [5.74, 6) is -0.161. The van der Waals surface area contributed by atoms with Crippen LogP contribution in [0.3, 0.4) is 0 Å². The molecule has 0 amide bonds. The molecule has 0 aromatic carbocycles. The van der Waals surface area contributed by atoms with Gasteiger partial charge in [0.15, 0.2) is 5.60 Å². The fourth-order valence-corrected chi connectivity index (χ4v) is 8.66. The van der Waals surface area contributed by atoms with Crippen molar-refractivity contribution in [3.63, 3.8) is 0 Å². The van der Waals surface area contributed by atoms with Crippen LogP contribution in [0.4, 0.5) is 0 Å². The van der Waals surface area contributed by atoms with Gasteiger partial charge in [-0.15, -0.1) is 0 Å². The molecule has 0 fully saturated rings. The summed E-state index contributed by atoms with van der Waals surface area (Å²) in [4.78, 5) is 11.8. The number of ether oxygens (including phenoxy) is 1. The third-order valence-electron chi connectivity index (χ3n) is 4.28. The summed E-state index contributed by atoms with van der Waals surface area (Å²) in [6.45, 7) is 20.5. The van der Waals surface area contributed by atoms with E-state index in [2.05, 4.69) is 48.1 Å². The minimum atomic E-state index is -2.11. The van der Waals surface area contributed by atoms with E-state index in [4.69, 9.17) is 9.16 Å². The summed E-state index contributed by atoms with van der Waals surface area (Å²) in [7, 11) is -2.11. The number of aliphatic hydroxyl groups is 1. The summed E-state index contributed by atoms with van der Waals surface area (Å²) in [5.41, 5.74) is -0.358. The standard InChI is InChI=1S/C17H34O4Si/c1-10-20-16(18)17(9,19)11-15(8)21-22(12(2)3,13(4)5)14(6)7/h12-14,19H,8,10-11H2,1-7,9H3. The molecule has 1 unspecified atom stereocenters.